The molecule has 1 aliphatic carbocycles. The number of hydrogen-bond acceptors (Lipinski definition) is 2. The molecule has 2 nitrogen and oxygen atoms in total. The van der Waals surface area contributed by atoms with Crippen molar-refractivity contribution in [2.75, 3.05) is 4.90 Å². The Kier molecular flexibility index (Phi) is 9.36. The molecule has 0 fully saturated rings. The van der Waals surface area contributed by atoms with Gasteiger partial charge < -0.3 is 9.32 Å². The maximum Gasteiger partial charge on any atom is 0.159 e. The summed E-state index contributed by atoms with van der Waals surface area (Å²) in [5.41, 5.74) is 18.6. The Labute approximate surface area is 423 Å². The van der Waals surface area contributed by atoms with E-state index in [1.165, 1.54) is 93.2 Å². The van der Waals surface area contributed by atoms with Crippen molar-refractivity contribution in [1.82, 2.24) is 0 Å². The van der Waals surface area contributed by atoms with E-state index in [1.54, 1.807) is 0 Å². The summed E-state index contributed by atoms with van der Waals surface area (Å²) in [6.45, 7) is 0. The summed E-state index contributed by atoms with van der Waals surface area (Å²) in [6.07, 6.45) is 0. The zero-order valence-corrected chi connectivity index (χ0v) is 39.8. The average molecular weight is 928 g/mol. The molecule has 1 unspecified atom stereocenters. The van der Waals surface area contributed by atoms with E-state index >= 15 is 0 Å². The minimum absolute atomic E-state index is 0.159. The second-order valence-electron chi connectivity index (χ2n) is 19.5. The van der Waals surface area contributed by atoms with E-state index in [9.17, 15) is 0 Å². The first-order chi connectivity index (χ1) is 36.2. The van der Waals surface area contributed by atoms with Gasteiger partial charge in [-0.15, -0.1) is 0 Å². The maximum absolute atomic E-state index is 6.73. The van der Waals surface area contributed by atoms with Crippen LogP contribution in [0.3, 0.4) is 0 Å². The van der Waals surface area contributed by atoms with Crippen molar-refractivity contribution in [2.45, 2.75) is 5.92 Å². The van der Waals surface area contributed by atoms with Crippen LogP contribution in [-0.2, 0) is 0 Å². The van der Waals surface area contributed by atoms with E-state index in [0.717, 1.165) is 50.1 Å². The molecule has 0 N–H and O–H groups in total. The minimum atomic E-state index is 0.159. The van der Waals surface area contributed by atoms with Crippen LogP contribution in [-0.4, -0.2) is 0 Å². The Morgan fingerprint density at radius 1 is 0.288 bits per heavy atom. The van der Waals surface area contributed by atoms with E-state index in [0.29, 0.717) is 0 Å². The molecule has 14 aromatic rings. The van der Waals surface area contributed by atoms with Crippen molar-refractivity contribution >= 4 is 82.1 Å². The predicted molar refractivity (Wildman–Crippen MR) is 308 cm³/mol. The van der Waals surface area contributed by atoms with Crippen molar-refractivity contribution in [3.8, 4) is 44.5 Å². The molecule has 0 bridgehead atoms. The van der Waals surface area contributed by atoms with Gasteiger partial charge in [-0.05, 0) is 159 Å². The highest BCUT2D eigenvalue weighted by Gasteiger charge is 2.31. The lowest BCUT2D eigenvalue weighted by Crippen LogP contribution is -2.10. The molecular weight excluding hydrogens is 883 g/mol. The molecular formula is C71H45NO. The molecule has 73 heavy (non-hydrogen) atoms. The Hall–Kier alpha value is -9.50. The predicted octanol–water partition coefficient (Wildman–Crippen LogP) is 19.8. The van der Waals surface area contributed by atoms with Gasteiger partial charge in [0.1, 0.15) is 5.58 Å². The number of anilines is 3. The van der Waals surface area contributed by atoms with Gasteiger partial charge in [-0.25, -0.2) is 0 Å². The van der Waals surface area contributed by atoms with Crippen LogP contribution in [0.4, 0.5) is 17.1 Å². The van der Waals surface area contributed by atoms with Gasteiger partial charge in [-0.1, -0.05) is 212 Å². The molecule has 0 aliphatic heterocycles. The summed E-state index contributed by atoms with van der Waals surface area (Å²) in [4.78, 5) is 2.34. The Bertz CT molecular complexity index is 4450. The maximum atomic E-state index is 6.73. The summed E-state index contributed by atoms with van der Waals surface area (Å²) in [5.74, 6) is 0.159. The molecule has 1 aliphatic rings. The highest BCUT2D eigenvalue weighted by molar-refractivity contribution is 6.25. The molecule has 0 saturated heterocycles. The number of rotatable bonds is 7. The van der Waals surface area contributed by atoms with Crippen molar-refractivity contribution < 1.29 is 4.42 Å². The van der Waals surface area contributed by atoms with Crippen LogP contribution >= 0.6 is 0 Å². The van der Waals surface area contributed by atoms with Crippen molar-refractivity contribution in [3.05, 3.63) is 284 Å². The molecule has 2 heteroatoms. The SMILES string of the molecule is c1ccc(C2c3ccc(-c4ccc(N(c5ccc(-c6ccc7c8ccccc8c8ccccc8c7c6)cc5)c5cccc6c5oc5ccccc56)cc4)cc3-c3cc(-c4cccc5ccccc45)ccc32)cc1. The van der Waals surface area contributed by atoms with Crippen LogP contribution in [0.5, 0.6) is 0 Å². The van der Waals surface area contributed by atoms with E-state index in [-0.39, 0.29) is 5.92 Å². The number of benzene rings is 13. The monoisotopic (exact) mass is 927 g/mol. The summed E-state index contributed by atoms with van der Waals surface area (Å²) >= 11 is 0. The van der Waals surface area contributed by atoms with E-state index in [2.05, 4.69) is 266 Å². The summed E-state index contributed by atoms with van der Waals surface area (Å²) < 4.78 is 6.73. The first kappa shape index (κ1) is 41.3. The number of para-hydroxylation sites is 2. The minimum Gasteiger partial charge on any atom is -0.454 e. The van der Waals surface area contributed by atoms with Crippen molar-refractivity contribution in [3.63, 3.8) is 0 Å². The molecule has 0 saturated carbocycles. The molecule has 15 rings (SSSR count). The van der Waals surface area contributed by atoms with E-state index in [1.807, 2.05) is 6.07 Å². The van der Waals surface area contributed by atoms with Crippen LogP contribution in [0.1, 0.15) is 22.6 Å². The second kappa shape index (κ2) is 16.6. The Balaban J connectivity index is 0.834. The molecule has 1 heterocycles. The van der Waals surface area contributed by atoms with Gasteiger partial charge in [0, 0.05) is 28.1 Å². The topological polar surface area (TPSA) is 16.4 Å². The molecule has 0 amide bonds. The number of hydrogen-bond donors (Lipinski definition) is 0. The van der Waals surface area contributed by atoms with Crippen LogP contribution in [0.15, 0.2) is 271 Å². The highest BCUT2D eigenvalue weighted by Crippen LogP contribution is 2.51. The van der Waals surface area contributed by atoms with Gasteiger partial charge in [0.25, 0.3) is 0 Å². The number of furan rings is 1. The quantitative estimate of drug-likeness (QED) is 0.148. The Morgan fingerprint density at radius 3 is 1.45 bits per heavy atom. The van der Waals surface area contributed by atoms with Gasteiger partial charge in [0.15, 0.2) is 5.58 Å². The third kappa shape index (κ3) is 6.65. The molecule has 13 aromatic carbocycles. The standard InChI is InChI=1S/C71H45NO/c1-2-15-48(16-3-1)70-62-40-33-50(43-66(62)67-44-51(34-41-63(67)70)55-24-12-17-47-14-4-5-18-54(47)55)46-30-37-53(38-31-46)72(68-26-13-25-64-61-23-10-11-27-69(61)73-71(64)68)52-35-28-45(29-36-52)49-32-39-60-58-21-7-6-19-56(58)57-20-8-9-22-59(57)65(60)42-49/h1-44,70H. The largest absolute Gasteiger partial charge is 0.454 e. The molecule has 1 aromatic heterocycles. The third-order valence-corrected chi connectivity index (χ3v) is 15.5. The fourth-order valence-electron chi connectivity index (χ4n) is 12.1. The first-order valence-corrected chi connectivity index (χ1v) is 25.3. The zero-order valence-electron chi connectivity index (χ0n) is 39.8. The van der Waals surface area contributed by atoms with Gasteiger partial charge in [-0.3, -0.25) is 0 Å². The summed E-state index contributed by atoms with van der Waals surface area (Å²) in [7, 11) is 0. The number of fused-ring (bicyclic) bond motifs is 13. The lowest BCUT2D eigenvalue weighted by molar-refractivity contribution is 0.669. The zero-order chi connectivity index (χ0) is 48.0. The van der Waals surface area contributed by atoms with Gasteiger partial charge in [0.05, 0.1) is 5.69 Å². The lowest BCUT2D eigenvalue weighted by atomic mass is 9.88. The number of nitrogens with zero attached hydrogens (tertiary/aromatic N) is 1. The van der Waals surface area contributed by atoms with Crippen LogP contribution in [0.2, 0.25) is 0 Å². The third-order valence-electron chi connectivity index (χ3n) is 15.5. The fraction of sp³-hybridized carbons (Fsp3) is 0.0141. The van der Waals surface area contributed by atoms with E-state index in [4.69, 9.17) is 4.42 Å². The van der Waals surface area contributed by atoms with Crippen molar-refractivity contribution in [1.29, 1.82) is 0 Å². The van der Waals surface area contributed by atoms with Gasteiger partial charge in [-0.2, -0.15) is 0 Å². The fourth-order valence-corrected chi connectivity index (χ4v) is 12.1. The lowest BCUT2D eigenvalue weighted by Gasteiger charge is -2.26. The van der Waals surface area contributed by atoms with Crippen molar-refractivity contribution in [2.24, 2.45) is 0 Å². The first-order valence-electron chi connectivity index (χ1n) is 25.3. The summed E-state index contributed by atoms with van der Waals surface area (Å²) in [6, 6.07) is 97.9. The van der Waals surface area contributed by atoms with Crippen LogP contribution in [0.25, 0.3) is 110 Å². The second-order valence-corrected chi connectivity index (χ2v) is 19.5. The normalized spacial score (nSPS) is 13.1. The smallest absolute Gasteiger partial charge is 0.159 e. The molecule has 0 spiro atoms. The van der Waals surface area contributed by atoms with Gasteiger partial charge in [0.2, 0.25) is 0 Å². The van der Waals surface area contributed by atoms with Gasteiger partial charge >= 0.3 is 0 Å². The van der Waals surface area contributed by atoms with Crippen LogP contribution < -0.4 is 4.90 Å². The highest BCUT2D eigenvalue weighted by atomic mass is 16.3. The molecule has 340 valence electrons. The van der Waals surface area contributed by atoms with Crippen LogP contribution in [0, 0.1) is 0 Å². The molecule has 1 atom stereocenters. The molecule has 0 radical (unpaired) electrons. The average Bonchev–Trinajstić information content (AvgIpc) is 4.03. The Morgan fingerprint density at radius 2 is 0.767 bits per heavy atom. The summed E-state index contributed by atoms with van der Waals surface area (Å²) in [5, 5.41) is 12.4. The van der Waals surface area contributed by atoms with E-state index < -0.39 is 0 Å².